The Morgan fingerprint density at radius 1 is 1.17 bits per heavy atom. The van der Waals surface area contributed by atoms with Crippen LogP contribution in [0, 0.1) is 6.92 Å². The van der Waals surface area contributed by atoms with Gasteiger partial charge in [0.2, 0.25) is 0 Å². The van der Waals surface area contributed by atoms with Crippen LogP contribution in [0.2, 0.25) is 0 Å². The lowest BCUT2D eigenvalue weighted by molar-refractivity contribution is 0.0698. The van der Waals surface area contributed by atoms with Gasteiger partial charge in [0, 0.05) is 19.7 Å². The summed E-state index contributed by atoms with van der Waals surface area (Å²) in [5.41, 5.74) is 3.31. The molecule has 24 heavy (non-hydrogen) atoms. The lowest BCUT2D eigenvalue weighted by atomic mass is 9.97. The molecular weight excluding hydrogens is 304 g/mol. The van der Waals surface area contributed by atoms with Crippen LogP contribution in [0.3, 0.4) is 0 Å². The van der Waals surface area contributed by atoms with E-state index in [1.54, 1.807) is 37.4 Å². The van der Waals surface area contributed by atoms with E-state index in [1.807, 2.05) is 37.3 Å². The Morgan fingerprint density at radius 3 is 2.54 bits per heavy atom. The van der Waals surface area contributed by atoms with Gasteiger partial charge in [-0.1, -0.05) is 29.8 Å². The summed E-state index contributed by atoms with van der Waals surface area (Å²) in [5.74, 6) is -0.00875. The van der Waals surface area contributed by atoms with Crippen molar-refractivity contribution in [2.75, 3.05) is 19.0 Å². The molecule has 0 spiro atoms. The van der Waals surface area contributed by atoms with Gasteiger partial charge in [0.1, 0.15) is 17.1 Å². The third kappa shape index (κ3) is 2.88. The van der Waals surface area contributed by atoms with E-state index in [1.165, 1.54) is 0 Å². The van der Waals surface area contributed by atoms with Crippen molar-refractivity contribution in [3.63, 3.8) is 0 Å². The van der Waals surface area contributed by atoms with Gasteiger partial charge in [-0.15, -0.1) is 0 Å². The Kier molecular flexibility index (Phi) is 4.08. The first-order valence-electron chi connectivity index (χ1n) is 7.54. The quantitative estimate of drug-likeness (QED) is 0.784. The topological polar surface area (TPSA) is 66.6 Å². The predicted octanol–water partition coefficient (Wildman–Crippen LogP) is 4.08. The molecule has 3 aromatic rings. The van der Waals surface area contributed by atoms with Gasteiger partial charge >= 0.3 is 5.97 Å². The molecule has 0 bridgehead atoms. The van der Waals surface area contributed by atoms with E-state index in [2.05, 4.69) is 4.98 Å². The fourth-order valence-electron chi connectivity index (χ4n) is 2.66. The molecule has 0 saturated heterocycles. The van der Waals surface area contributed by atoms with E-state index in [0.29, 0.717) is 22.8 Å². The number of benzene rings is 1. The number of rotatable bonds is 4. The predicted molar refractivity (Wildman–Crippen MR) is 93.4 cm³/mol. The van der Waals surface area contributed by atoms with Gasteiger partial charge in [0.05, 0.1) is 6.26 Å². The number of pyridine rings is 1. The largest absolute Gasteiger partial charge is 0.478 e. The molecule has 122 valence electrons. The van der Waals surface area contributed by atoms with Crippen molar-refractivity contribution in [1.29, 1.82) is 0 Å². The maximum absolute atomic E-state index is 11.9. The zero-order valence-electron chi connectivity index (χ0n) is 13.8. The van der Waals surface area contributed by atoms with Gasteiger partial charge in [0.15, 0.2) is 5.76 Å². The minimum Gasteiger partial charge on any atom is -0.478 e. The first-order valence-corrected chi connectivity index (χ1v) is 7.54. The minimum absolute atomic E-state index is 0.181. The second-order valence-corrected chi connectivity index (χ2v) is 5.80. The van der Waals surface area contributed by atoms with Crippen LogP contribution in [0.5, 0.6) is 0 Å². The number of hydrogen-bond acceptors (Lipinski definition) is 4. The Hall–Kier alpha value is -3.08. The molecule has 2 aromatic heterocycles. The van der Waals surface area contributed by atoms with Gasteiger partial charge in [-0.3, -0.25) is 0 Å². The van der Waals surface area contributed by atoms with E-state index in [9.17, 15) is 9.90 Å². The molecule has 3 rings (SSSR count). The molecule has 0 amide bonds. The second-order valence-electron chi connectivity index (χ2n) is 5.80. The van der Waals surface area contributed by atoms with Crippen molar-refractivity contribution >= 4 is 11.8 Å². The highest BCUT2D eigenvalue weighted by atomic mass is 16.4. The standard InChI is InChI=1S/C19H18N2O3/c1-12-6-4-7-13(10-12)14-11-15(16-8-5-9-24-16)20-18(21(2)3)17(14)19(22)23/h4-11H,1-3H3,(H,22,23). The smallest absolute Gasteiger partial charge is 0.340 e. The van der Waals surface area contributed by atoms with Crippen molar-refractivity contribution in [3.05, 3.63) is 59.9 Å². The number of hydrogen-bond donors (Lipinski definition) is 1. The van der Waals surface area contributed by atoms with Crippen LogP contribution < -0.4 is 4.90 Å². The molecule has 1 aromatic carbocycles. The van der Waals surface area contributed by atoms with Crippen molar-refractivity contribution in [2.24, 2.45) is 0 Å². The summed E-state index contributed by atoms with van der Waals surface area (Å²) in [6.45, 7) is 1.98. The van der Waals surface area contributed by atoms with Crippen LogP contribution in [0.4, 0.5) is 5.82 Å². The molecule has 2 heterocycles. The van der Waals surface area contributed by atoms with Crippen LogP contribution >= 0.6 is 0 Å². The van der Waals surface area contributed by atoms with Crippen molar-refractivity contribution in [1.82, 2.24) is 4.98 Å². The SMILES string of the molecule is Cc1cccc(-c2cc(-c3ccco3)nc(N(C)C)c2C(=O)O)c1. The number of carboxylic acid groups (broad SMARTS) is 1. The van der Waals surface area contributed by atoms with Crippen LogP contribution in [-0.2, 0) is 0 Å². The van der Waals surface area contributed by atoms with Gasteiger partial charge in [-0.25, -0.2) is 9.78 Å². The first-order chi connectivity index (χ1) is 11.5. The van der Waals surface area contributed by atoms with Crippen LogP contribution in [-0.4, -0.2) is 30.2 Å². The van der Waals surface area contributed by atoms with E-state index < -0.39 is 5.97 Å². The van der Waals surface area contributed by atoms with Gasteiger partial charge < -0.3 is 14.4 Å². The number of aromatic nitrogens is 1. The summed E-state index contributed by atoms with van der Waals surface area (Å²) < 4.78 is 5.44. The number of nitrogens with zero attached hydrogens (tertiary/aromatic N) is 2. The molecule has 0 unspecified atom stereocenters. The van der Waals surface area contributed by atoms with Crippen LogP contribution in [0.1, 0.15) is 15.9 Å². The first kappa shape index (κ1) is 15.8. The molecule has 0 aliphatic carbocycles. The maximum atomic E-state index is 11.9. The number of aryl methyl sites for hydroxylation is 1. The lowest BCUT2D eigenvalue weighted by Crippen LogP contribution is -2.17. The molecule has 0 aliphatic heterocycles. The minimum atomic E-state index is -1.01. The highest BCUT2D eigenvalue weighted by molar-refractivity contribution is 6.02. The molecule has 0 saturated carbocycles. The maximum Gasteiger partial charge on any atom is 0.340 e. The average Bonchev–Trinajstić information content (AvgIpc) is 3.07. The van der Waals surface area contributed by atoms with E-state index in [0.717, 1.165) is 11.1 Å². The number of carboxylic acids is 1. The Bertz CT molecular complexity index is 884. The third-order valence-electron chi connectivity index (χ3n) is 3.74. The Morgan fingerprint density at radius 2 is 1.96 bits per heavy atom. The average molecular weight is 322 g/mol. The lowest BCUT2D eigenvalue weighted by Gasteiger charge is -2.18. The zero-order chi connectivity index (χ0) is 17.3. The summed E-state index contributed by atoms with van der Waals surface area (Å²) in [5, 5.41) is 9.76. The molecule has 0 fully saturated rings. The highest BCUT2D eigenvalue weighted by Crippen LogP contribution is 2.34. The number of carbonyl (C=O) groups is 1. The van der Waals surface area contributed by atoms with E-state index in [4.69, 9.17) is 4.42 Å². The van der Waals surface area contributed by atoms with Gasteiger partial charge in [-0.05, 0) is 30.7 Å². The van der Waals surface area contributed by atoms with Gasteiger partial charge in [-0.2, -0.15) is 0 Å². The van der Waals surface area contributed by atoms with E-state index >= 15 is 0 Å². The fraction of sp³-hybridized carbons (Fsp3) is 0.158. The molecule has 5 nitrogen and oxygen atoms in total. The number of aromatic carboxylic acids is 1. The summed E-state index contributed by atoms with van der Waals surface area (Å²) in [6, 6.07) is 13.1. The van der Waals surface area contributed by atoms with Crippen molar-refractivity contribution < 1.29 is 14.3 Å². The summed E-state index contributed by atoms with van der Waals surface area (Å²) >= 11 is 0. The molecule has 0 atom stereocenters. The van der Waals surface area contributed by atoms with E-state index in [-0.39, 0.29) is 5.56 Å². The molecule has 0 aliphatic rings. The molecule has 0 radical (unpaired) electrons. The summed E-state index contributed by atoms with van der Waals surface area (Å²) in [4.78, 5) is 18.1. The summed E-state index contributed by atoms with van der Waals surface area (Å²) in [6.07, 6.45) is 1.57. The monoisotopic (exact) mass is 322 g/mol. The molecule has 5 heteroatoms. The zero-order valence-corrected chi connectivity index (χ0v) is 13.8. The Balaban J connectivity index is 2.34. The van der Waals surface area contributed by atoms with Crippen LogP contribution in [0.25, 0.3) is 22.6 Å². The Labute approximate surface area is 140 Å². The van der Waals surface area contributed by atoms with Crippen molar-refractivity contribution in [3.8, 4) is 22.6 Å². The fourth-order valence-corrected chi connectivity index (χ4v) is 2.66. The second kappa shape index (κ2) is 6.20. The molecule has 1 N–H and O–H groups in total. The normalized spacial score (nSPS) is 10.6. The third-order valence-corrected chi connectivity index (χ3v) is 3.74. The number of anilines is 1. The highest BCUT2D eigenvalue weighted by Gasteiger charge is 2.22. The van der Waals surface area contributed by atoms with Crippen molar-refractivity contribution in [2.45, 2.75) is 6.92 Å². The molecular formula is C19H18N2O3. The van der Waals surface area contributed by atoms with Gasteiger partial charge in [0.25, 0.3) is 0 Å². The summed E-state index contributed by atoms with van der Waals surface area (Å²) in [7, 11) is 3.56. The van der Waals surface area contributed by atoms with Crippen LogP contribution in [0.15, 0.2) is 53.1 Å². The number of furan rings is 1.